The van der Waals surface area contributed by atoms with E-state index in [4.69, 9.17) is 9.84 Å². The summed E-state index contributed by atoms with van der Waals surface area (Å²) in [5, 5.41) is 13.1. The summed E-state index contributed by atoms with van der Waals surface area (Å²) in [6.07, 6.45) is 3.39. The predicted octanol–water partition coefficient (Wildman–Crippen LogP) is 1.45. The van der Waals surface area contributed by atoms with Gasteiger partial charge in [0, 0.05) is 32.4 Å². The molecule has 0 bridgehead atoms. The maximum Gasteiger partial charge on any atom is 0.356 e. The molecule has 2 fully saturated rings. The monoisotopic (exact) mass is 336 g/mol. The molecule has 0 aliphatic carbocycles. The second-order valence-electron chi connectivity index (χ2n) is 6.65. The number of aromatic carboxylic acids is 1. The molecule has 0 unspecified atom stereocenters. The zero-order chi connectivity index (χ0) is 17.3. The van der Waals surface area contributed by atoms with E-state index in [-0.39, 0.29) is 30.0 Å². The van der Waals surface area contributed by atoms with Crippen molar-refractivity contribution in [1.29, 1.82) is 0 Å². The van der Waals surface area contributed by atoms with Gasteiger partial charge in [0.15, 0.2) is 5.69 Å². The molecule has 0 saturated carbocycles. The van der Waals surface area contributed by atoms with E-state index in [0.717, 1.165) is 12.8 Å². The third kappa shape index (κ3) is 3.53. The van der Waals surface area contributed by atoms with Crippen molar-refractivity contribution in [3.05, 3.63) is 18.0 Å². The van der Waals surface area contributed by atoms with Crippen molar-refractivity contribution in [2.24, 2.45) is 0 Å². The number of aromatic nitrogens is 2. The number of nitrogens with zero attached hydrogens (tertiary/aromatic N) is 4. The van der Waals surface area contributed by atoms with Gasteiger partial charge >= 0.3 is 12.0 Å². The second-order valence-corrected chi connectivity index (χ2v) is 6.65. The third-order valence-corrected chi connectivity index (χ3v) is 4.63. The van der Waals surface area contributed by atoms with Crippen LogP contribution in [0.15, 0.2) is 12.3 Å². The van der Waals surface area contributed by atoms with E-state index >= 15 is 0 Å². The van der Waals surface area contributed by atoms with Crippen molar-refractivity contribution in [2.75, 3.05) is 26.2 Å². The summed E-state index contributed by atoms with van der Waals surface area (Å²) < 4.78 is 7.39. The van der Waals surface area contributed by atoms with Crippen molar-refractivity contribution in [2.45, 2.75) is 44.9 Å². The number of hydrogen-bond acceptors (Lipinski definition) is 4. The Kier molecular flexibility index (Phi) is 4.75. The number of urea groups is 1. The molecule has 3 rings (SSSR count). The highest BCUT2D eigenvalue weighted by Crippen LogP contribution is 2.23. The maximum atomic E-state index is 12.7. The minimum absolute atomic E-state index is 0.0600. The number of likely N-dealkylation sites (tertiary alicyclic amines) is 1. The smallest absolute Gasteiger partial charge is 0.356 e. The Balaban J connectivity index is 1.56. The molecule has 2 amide bonds. The molecule has 3 heterocycles. The molecule has 1 N–H and O–H groups in total. The van der Waals surface area contributed by atoms with E-state index < -0.39 is 5.97 Å². The van der Waals surface area contributed by atoms with Crippen LogP contribution >= 0.6 is 0 Å². The first-order valence-electron chi connectivity index (χ1n) is 8.42. The largest absolute Gasteiger partial charge is 0.476 e. The van der Waals surface area contributed by atoms with Crippen LogP contribution in [-0.2, 0) is 4.74 Å². The minimum Gasteiger partial charge on any atom is -0.476 e. The van der Waals surface area contributed by atoms with Crippen molar-refractivity contribution in [3.8, 4) is 0 Å². The number of carboxylic acids is 1. The van der Waals surface area contributed by atoms with Crippen LogP contribution in [0.25, 0.3) is 0 Å². The first-order valence-corrected chi connectivity index (χ1v) is 8.42. The fourth-order valence-electron chi connectivity index (χ4n) is 3.51. The number of amides is 2. The van der Waals surface area contributed by atoms with Crippen molar-refractivity contribution >= 4 is 12.0 Å². The fourth-order valence-corrected chi connectivity index (χ4v) is 3.51. The number of morpholine rings is 1. The summed E-state index contributed by atoms with van der Waals surface area (Å²) in [6.45, 7) is 6.55. The van der Waals surface area contributed by atoms with Crippen molar-refractivity contribution < 1.29 is 19.4 Å². The van der Waals surface area contributed by atoms with E-state index in [1.807, 2.05) is 23.6 Å². The molecule has 132 valence electrons. The van der Waals surface area contributed by atoms with Gasteiger partial charge in [-0.25, -0.2) is 9.59 Å². The van der Waals surface area contributed by atoms with Gasteiger partial charge in [-0.1, -0.05) is 0 Å². The zero-order valence-electron chi connectivity index (χ0n) is 14.1. The number of carbonyl (C=O) groups is 2. The Bertz CT molecular complexity index is 599. The van der Waals surface area contributed by atoms with Gasteiger partial charge in [-0.2, -0.15) is 5.10 Å². The highest BCUT2D eigenvalue weighted by atomic mass is 16.5. The van der Waals surface area contributed by atoms with Crippen LogP contribution in [0.5, 0.6) is 0 Å². The predicted molar refractivity (Wildman–Crippen MR) is 86.0 cm³/mol. The van der Waals surface area contributed by atoms with Crippen LogP contribution in [0.3, 0.4) is 0 Å². The Hall–Kier alpha value is -2.09. The third-order valence-electron chi connectivity index (χ3n) is 4.63. The quantitative estimate of drug-likeness (QED) is 0.883. The fraction of sp³-hybridized carbons (Fsp3) is 0.688. The average molecular weight is 336 g/mol. The molecule has 0 radical (unpaired) electrons. The molecule has 1 aromatic heterocycles. The van der Waals surface area contributed by atoms with Gasteiger partial charge in [-0.05, 0) is 32.8 Å². The zero-order valence-corrected chi connectivity index (χ0v) is 14.1. The topological polar surface area (TPSA) is 87.9 Å². The molecule has 8 heteroatoms. The maximum absolute atomic E-state index is 12.7. The SMILES string of the molecule is C[C@@H]1CN(C(=O)N2CCC(n3ccc(C(=O)O)n3)CC2)C[C@H](C)O1. The highest BCUT2D eigenvalue weighted by molar-refractivity contribution is 5.85. The molecule has 1 aromatic rings. The van der Waals surface area contributed by atoms with Crippen LogP contribution in [0.2, 0.25) is 0 Å². The van der Waals surface area contributed by atoms with Crippen LogP contribution < -0.4 is 0 Å². The van der Waals surface area contributed by atoms with E-state index in [1.54, 1.807) is 10.9 Å². The number of carboxylic acid groups (broad SMARTS) is 1. The van der Waals surface area contributed by atoms with E-state index in [1.165, 1.54) is 6.07 Å². The summed E-state index contributed by atoms with van der Waals surface area (Å²) in [5.41, 5.74) is 0.0600. The summed E-state index contributed by atoms with van der Waals surface area (Å²) in [5.74, 6) is -1.02. The van der Waals surface area contributed by atoms with Gasteiger partial charge in [-0.15, -0.1) is 0 Å². The average Bonchev–Trinajstić information content (AvgIpc) is 3.03. The van der Waals surface area contributed by atoms with E-state index in [2.05, 4.69) is 5.10 Å². The van der Waals surface area contributed by atoms with Crippen molar-refractivity contribution in [3.63, 3.8) is 0 Å². The van der Waals surface area contributed by atoms with Gasteiger partial charge in [0.05, 0.1) is 18.2 Å². The lowest BCUT2D eigenvalue weighted by Gasteiger charge is -2.40. The summed E-state index contributed by atoms with van der Waals surface area (Å²) in [4.78, 5) is 27.3. The number of hydrogen-bond donors (Lipinski definition) is 1. The number of ether oxygens (including phenoxy) is 1. The number of carbonyl (C=O) groups excluding carboxylic acids is 1. The molecule has 2 atom stereocenters. The van der Waals surface area contributed by atoms with Crippen LogP contribution in [0.4, 0.5) is 4.79 Å². The molecular weight excluding hydrogens is 312 g/mol. The molecular formula is C16H24N4O4. The van der Waals surface area contributed by atoms with Crippen LogP contribution in [0, 0.1) is 0 Å². The van der Waals surface area contributed by atoms with E-state index in [9.17, 15) is 9.59 Å². The molecule has 2 saturated heterocycles. The standard InChI is InChI=1S/C16H24N4O4/c1-11-9-19(10-12(2)24-11)16(23)18-6-3-13(4-7-18)20-8-5-14(17-20)15(21)22/h5,8,11-13H,3-4,6-7,9-10H2,1-2H3,(H,21,22)/t11-,12+. The van der Waals surface area contributed by atoms with Gasteiger partial charge in [-0.3, -0.25) is 4.68 Å². The molecule has 24 heavy (non-hydrogen) atoms. The van der Waals surface area contributed by atoms with Gasteiger partial charge in [0.25, 0.3) is 0 Å². The molecule has 8 nitrogen and oxygen atoms in total. The lowest BCUT2D eigenvalue weighted by molar-refractivity contribution is -0.0589. The van der Waals surface area contributed by atoms with Crippen LogP contribution in [-0.4, -0.2) is 75.1 Å². The Morgan fingerprint density at radius 3 is 2.33 bits per heavy atom. The summed E-state index contributed by atoms with van der Waals surface area (Å²) >= 11 is 0. The second kappa shape index (κ2) is 6.80. The van der Waals surface area contributed by atoms with Crippen LogP contribution in [0.1, 0.15) is 43.2 Å². The number of piperidine rings is 1. The number of rotatable bonds is 2. The molecule has 0 aromatic carbocycles. The molecule has 2 aliphatic rings. The Labute approximate surface area is 141 Å². The lowest BCUT2D eigenvalue weighted by Crippen LogP contribution is -2.54. The molecule has 0 spiro atoms. The van der Waals surface area contributed by atoms with Gasteiger partial charge in [0.2, 0.25) is 0 Å². The van der Waals surface area contributed by atoms with Gasteiger partial charge in [0.1, 0.15) is 0 Å². The first-order chi connectivity index (χ1) is 11.4. The lowest BCUT2D eigenvalue weighted by atomic mass is 10.1. The summed E-state index contributed by atoms with van der Waals surface area (Å²) in [6, 6.07) is 1.72. The van der Waals surface area contributed by atoms with E-state index in [0.29, 0.717) is 26.2 Å². The normalized spacial score (nSPS) is 25.8. The Morgan fingerprint density at radius 1 is 1.17 bits per heavy atom. The highest BCUT2D eigenvalue weighted by Gasteiger charge is 2.31. The minimum atomic E-state index is -1.02. The van der Waals surface area contributed by atoms with Crippen molar-refractivity contribution in [1.82, 2.24) is 19.6 Å². The summed E-state index contributed by atoms with van der Waals surface area (Å²) in [7, 11) is 0. The first kappa shape index (κ1) is 16.8. The molecule has 2 aliphatic heterocycles. The van der Waals surface area contributed by atoms with Gasteiger partial charge < -0.3 is 19.6 Å². The Morgan fingerprint density at radius 2 is 1.79 bits per heavy atom.